The highest BCUT2D eigenvalue weighted by Crippen LogP contribution is 2.35. The van der Waals surface area contributed by atoms with Gasteiger partial charge in [0.2, 0.25) is 0 Å². The Labute approximate surface area is 197 Å². The molecule has 0 saturated carbocycles. The maximum Gasteiger partial charge on any atom is 0.433 e. The summed E-state index contributed by atoms with van der Waals surface area (Å²) in [6.45, 7) is 0. The number of carbonyl (C=O) groups excluding carboxylic acids is 1. The monoisotopic (exact) mass is 477 g/mol. The Morgan fingerprint density at radius 3 is 2.51 bits per heavy atom. The largest absolute Gasteiger partial charge is 0.493 e. The van der Waals surface area contributed by atoms with Gasteiger partial charge in [-0.15, -0.1) is 0 Å². The normalized spacial score (nSPS) is 11.5. The summed E-state index contributed by atoms with van der Waals surface area (Å²) >= 11 is 0. The van der Waals surface area contributed by atoms with Crippen LogP contribution in [0.15, 0.2) is 83.3 Å². The highest BCUT2D eigenvalue weighted by atomic mass is 19.4. The number of alkyl halides is 3. The minimum atomic E-state index is -4.59. The van der Waals surface area contributed by atoms with Crippen LogP contribution in [0.4, 0.5) is 30.2 Å². The number of nitrogens with one attached hydrogen (secondary N) is 2. The van der Waals surface area contributed by atoms with Crippen molar-refractivity contribution in [3.05, 3.63) is 90.3 Å². The van der Waals surface area contributed by atoms with Crippen LogP contribution >= 0.6 is 0 Å². The quantitative estimate of drug-likeness (QED) is 0.285. The van der Waals surface area contributed by atoms with Crippen molar-refractivity contribution in [2.24, 2.45) is 0 Å². The molecule has 5 rings (SSSR count). The summed E-state index contributed by atoms with van der Waals surface area (Å²) in [5.41, 5.74) is 0.842. The standard InChI is InChI=1S/C26H18F3N3O3/c1-34-21-11-4-6-15-12-22(35-24(15)21)25(33)31-17-8-5-7-16(13-17)30-20-14-23(26(27,28)29)32-19-10-3-2-9-18(19)20/h2-14H,1H3,(H,30,32)(H,31,33). The minimum Gasteiger partial charge on any atom is -0.493 e. The molecule has 0 radical (unpaired) electrons. The molecule has 1 amide bonds. The van der Waals surface area contributed by atoms with Gasteiger partial charge in [-0.3, -0.25) is 4.79 Å². The summed E-state index contributed by atoms with van der Waals surface area (Å²) in [5.74, 6) is 0.127. The molecule has 0 aliphatic heterocycles. The van der Waals surface area contributed by atoms with Gasteiger partial charge in [-0.2, -0.15) is 13.2 Å². The fourth-order valence-electron chi connectivity index (χ4n) is 3.76. The van der Waals surface area contributed by atoms with Crippen molar-refractivity contribution in [3.8, 4) is 5.75 Å². The van der Waals surface area contributed by atoms with Crippen LogP contribution in [0.5, 0.6) is 5.75 Å². The highest BCUT2D eigenvalue weighted by Gasteiger charge is 2.33. The van der Waals surface area contributed by atoms with Crippen LogP contribution in [-0.2, 0) is 6.18 Å². The molecule has 35 heavy (non-hydrogen) atoms. The number of rotatable bonds is 5. The minimum absolute atomic E-state index is 0.0952. The zero-order chi connectivity index (χ0) is 24.6. The maximum atomic E-state index is 13.4. The number of nitrogens with zero attached hydrogens (tertiary/aromatic N) is 1. The average Bonchev–Trinajstić information content (AvgIpc) is 3.28. The molecule has 0 spiro atoms. The van der Waals surface area contributed by atoms with E-state index in [9.17, 15) is 18.0 Å². The summed E-state index contributed by atoms with van der Waals surface area (Å²) in [6.07, 6.45) is -4.59. The first-order chi connectivity index (χ1) is 16.8. The van der Waals surface area contributed by atoms with Gasteiger partial charge >= 0.3 is 6.18 Å². The zero-order valence-corrected chi connectivity index (χ0v) is 18.3. The number of hydrogen-bond donors (Lipinski definition) is 2. The van der Waals surface area contributed by atoms with E-state index in [1.165, 1.54) is 13.2 Å². The first-order valence-corrected chi connectivity index (χ1v) is 10.5. The van der Waals surface area contributed by atoms with Crippen LogP contribution in [0, 0.1) is 0 Å². The van der Waals surface area contributed by atoms with Gasteiger partial charge < -0.3 is 19.8 Å². The van der Waals surface area contributed by atoms with Crippen molar-refractivity contribution in [3.63, 3.8) is 0 Å². The number of carbonyl (C=O) groups is 1. The number of hydrogen-bond acceptors (Lipinski definition) is 5. The summed E-state index contributed by atoms with van der Waals surface area (Å²) in [4.78, 5) is 16.5. The van der Waals surface area contributed by atoms with E-state index < -0.39 is 17.8 Å². The molecular formula is C26H18F3N3O3. The Morgan fingerprint density at radius 1 is 0.943 bits per heavy atom. The number of para-hydroxylation sites is 2. The molecule has 0 aliphatic carbocycles. The first kappa shape index (κ1) is 22.3. The highest BCUT2D eigenvalue weighted by molar-refractivity contribution is 6.05. The van der Waals surface area contributed by atoms with E-state index in [4.69, 9.17) is 9.15 Å². The van der Waals surface area contributed by atoms with Crippen molar-refractivity contribution in [2.75, 3.05) is 17.7 Å². The molecule has 0 saturated heterocycles. The SMILES string of the molecule is COc1cccc2cc(C(=O)Nc3cccc(Nc4cc(C(F)(F)F)nc5ccccc45)c3)oc12. The topological polar surface area (TPSA) is 76.4 Å². The number of fused-ring (bicyclic) bond motifs is 2. The van der Waals surface area contributed by atoms with Gasteiger partial charge in [-0.1, -0.05) is 36.4 Å². The number of pyridine rings is 1. The average molecular weight is 477 g/mol. The molecule has 2 aromatic heterocycles. The van der Waals surface area contributed by atoms with Gasteiger partial charge in [-0.05, 0) is 42.5 Å². The molecule has 2 N–H and O–H groups in total. The van der Waals surface area contributed by atoms with Crippen molar-refractivity contribution >= 4 is 44.8 Å². The lowest BCUT2D eigenvalue weighted by atomic mass is 10.1. The smallest absolute Gasteiger partial charge is 0.433 e. The van der Waals surface area contributed by atoms with Crippen LogP contribution in [0.2, 0.25) is 0 Å². The van der Waals surface area contributed by atoms with Gasteiger partial charge in [0, 0.05) is 22.1 Å². The molecule has 3 aromatic carbocycles. The number of furan rings is 1. The summed E-state index contributed by atoms with van der Waals surface area (Å²) in [7, 11) is 1.51. The van der Waals surface area contributed by atoms with E-state index in [1.54, 1.807) is 66.7 Å². The lowest BCUT2D eigenvalue weighted by molar-refractivity contribution is -0.140. The number of ether oxygens (including phenoxy) is 1. The van der Waals surface area contributed by atoms with Crippen LogP contribution in [0.3, 0.4) is 0 Å². The second-order valence-corrected chi connectivity index (χ2v) is 7.72. The Morgan fingerprint density at radius 2 is 1.71 bits per heavy atom. The number of amides is 1. The second kappa shape index (κ2) is 8.68. The van der Waals surface area contributed by atoms with Crippen LogP contribution in [-0.4, -0.2) is 18.0 Å². The van der Waals surface area contributed by atoms with E-state index in [0.717, 1.165) is 11.5 Å². The lowest BCUT2D eigenvalue weighted by Gasteiger charge is -2.14. The van der Waals surface area contributed by atoms with Gasteiger partial charge in [0.25, 0.3) is 5.91 Å². The van der Waals surface area contributed by atoms with Gasteiger partial charge in [-0.25, -0.2) is 4.98 Å². The maximum absolute atomic E-state index is 13.4. The molecule has 0 fully saturated rings. The van der Waals surface area contributed by atoms with Crippen LogP contribution in [0.1, 0.15) is 16.2 Å². The number of aromatic nitrogens is 1. The number of halogens is 3. The second-order valence-electron chi connectivity index (χ2n) is 7.72. The lowest BCUT2D eigenvalue weighted by Crippen LogP contribution is -2.11. The third kappa shape index (κ3) is 4.48. The third-order valence-electron chi connectivity index (χ3n) is 5.36. The van der Waals surface area contributed by atoms with Crippen molar-refractivity contribution < 1.29 is 27.1 Å². The van der Waals surface area contributed by atoms with Crippen molar-refractivity contribution in [2.45, 2.75) is 6.18 Å². The Bertz CT molecular complexity index is 1560. The molecule has 0 bridgehead atoms. The van der Waals surface area contributed by atoms with Crippen molar-refractivity contribution in [1.29, 1.82) is 0 Å². The number of methoxy groups -OCH3 is 1. The van der Waals surface area contributed by atoms with Crippen LogP contribution in [0.25, 0.3) is 21.9 Å². The molecule has 0 unspecified atom stereocenters. The third-order valence-corrected chi connectivity index (χ3v) is 5.36. The Kier molecular flexibility index (Phi) is 5.52. The molecule has 2 heterocycles. The number of benzene rings is 3. The Hall–Kier alpha value is -4.53. The van der Waals surface area contributed by atoms with Gasteiger partial charge in [0.05, 0.1) is 18.3 Å². The van der Waals surface area contributed by atoms with Gasteiger partial charge in [0.1, 0.15) is 5.69 Å². The molecular weight excluding hydrogens is 459 g/mol. The molecule has 6 nitrogen and oxygen atoms in total. The van der Waals surface area contributed by atoms with E-state index in [-0.39, 0.29) is 17.0 Å². The van der Waals surface area contributed by atoms with Crippen molar-refractivity contribution in [1.82, 2.24) is 4.98 Å². The van der Waals surface area contributed by atoms with E-state index in [2.05, 4.69) is 15.6 Å². The molecule has 0 atom stereocenters. The first-order valence-electron chi connectivity index (χ1n) is 10.5. The molecule has 5 aromatic rings. The van der Waals surface area contributed by atoms with Gasteiger partial charge in [0.15, 0.2) is 17.1 Å². The van der Waals surface area contributed by atoms with E-state index >= 15 is 0 Å². The summed E-state index contributed by atoms with van der Waals surface area (Å²) in [6, 6.07) is 21.1. The predicted molar refractivity (Wildman–Crippen MR) is 127 cm³/mol. The van der Waals surface area contributed by atoms with E-state index in [0.29, 0.717) is 28.1 Å². The summed E-state index contributed by atoms with van der Waals surface area (Å²) < 4.78 is 51.1. The predicted octanol–water partition coefficient (Wildman–Crippen LogP) is 7.00. The number of anilines is 3. The molecule has 176 valence electrons. The van der Waals surface area contributed by atoms with Crippen LogP contribution < -0.4 is 15.4 Å². The van der Waals surface area contributed by atoms with E-state index in [1.807, 2.05) is 0 Å². The Balaban J connectivity index is 1.42. The fraction of sp³-hybridized carbons (Fsp3) is 0.0769. The molecule has 0 aliphatic rings. The summed E-state index contributed by atoms with van der Waals surface area (Å²) in [5, 5.41) is 7.02. The zero-order valence-electron chi connectivity index (χ0n) is 18.3. The molecule has 9 heteroatoms. The fourth-order valence-corrected chi connectivity index (χ4v) is 3.76.